The fourth-order valence-corrected chi connectivity index (χ4v) is 3.84. The maximum atomic E-state index is 14.4. The zero-order valence-corrected chi connectivity index (χ0v) is 12.9. The lowest BCUT2D eigenvalue weighted by molar-refractivity contribution is 0.114. The molecule has 2 fully saturated rings. The van der Waals surface area contributed by atoms with Gasteiger partial charge < -0.3 is 10.0 Å². The standard InChI is InChI=1S/C17H25FN2O/c1-12-10-19-9-4-3-6-14(19)11-20(12)17-15(13(2)21)7-5-8-16(17)18/h5,7-8,12-14,21H,3-4,6,9-11H2,1-2H3/t12?,13-,14?/m0/s1. The second-order valence-electron chi connectivity index (χ2n) is 6.50. The van der Waals surface area contributed by atoms with Crippen LogP contribution in [0.15, 0.2) is 18.2 Å². The summed E-state index contributed by atoms with van der Waals surface area (Å²) in [6.45, 7) is 6.88. The van der Waals surface area contributed by atoms with Crippen LogP contribution in [-0.2, 0) is 0 Å². The van der Waals surface area contributed by atoms with Crippen molar-refractivity contribution >= 4 is 5.69 Å². The fraction of sp³-hybridized carbons (Fsp3) is 0.647. The summed E-state index contributed by atoms with van der Waals surface area (Å²) >= 11 is 0. The minimum Gasteiger partial charge on any atom is -0.389 e. The van der Waals surface area contributed by atoms with E-state index in [2.05, 4.69) is 16.7 Å². The van der Waals surface area contributed by atoms with E-state index in [9.17, 15) is 9.50 Å². The third-order valence-corrected chi connectivity index (χ3v) is 4.94. The quantitative estimate of drug-likeness (QED) is 0.908. The van der Waals surface area contributed by atoms with E-state index >= 15 is 0 Å². The van der Waals surface area contributed by atoms with Crippen LogP contribution in [0.25, 0.3) is 0 Å². The van der Waals surface area contributed by atoms with Crippen LogP contribution in [0.1, 0.15) is 44.8 Å². The maximum Gasteiger partial charge on any atom is 0.146 e. The van der Waals surface area contributed by atoms with Gasteiger partial charge in [-0.3, -0.25) is 4.90 Å². The molecule has 0 saturated carbocycles. The van der Waals surface area contributed by atoms with Crippen molar-refractivity contribution in [3.8, 4) is 0 Å². The highest BCUT2D eigenvalue weighted by Crippen LogP contribution is 2.34. The predicted octanol–water partition coefficient (Wildman–Crippen LogP) is 2.94. The van der Waals surface area contributed by atoms with Gasteiger partial charge in [0.25, 0.3) is 0 Å². The van der Waals surface area contributed by atoms with Crippen LogP contribution < -0.4 is 4.90 Å². The maximum absolute atomic E-state index is 14.4. The smallest absolute Gasteiger partial charge is 0.146 e. The normalized spacial score (nSPS) is 28.3. The molecule has 3 rings (SSSR count). The van der Waals surface area contributed by atoms with Crippen LogP contribution in [0.5, 0.6) is 0 Å². The number of anilines is 1. The fourth-order valence-electron chi connectivity index (χ4n) is 3.84. The summed E-state index contributed by atoms with van der Waals surface area (Å²) < 4.78 is 14.4. The zero-order chi connectivity index (χ0) is 15.0. The van der Waals surface area contributed by atoms with Gasteiger partial charge in [0.1, 0.15) is 5.82 Å². The van der Waals surface area contributed by atoms with Gasteiger partial charge in [0, 0.05) is 30.7 Å². The van der Waals surface area contributed by atoms with Crippen LogP contribution in [0, 0.1) is 5.82 Å². The first-order valence-electron chi connectivity index (χ1n) is 8.05. The molecule has 1 aromatic rings. The van der Waals surface area contributed by atoms with Gasteiger partial charge in [0.15, 0.2) is 0 Å². The van der Waals surface area contributed by atoms with Gasteiger partial charge in [-0.25, -0.2) is 4.39 Å². The third-order valence-electron chi connectivity index (χ3n) is 4.94. The molecule has 0 amide bonds. The monoisotopic (exact) mass is 292 g/mol. The van der Waals surface area contributed by atoms with Crippen molar-refractivity contribution in [2.24, 2.45) is 0 Å². The Morgan fingerprint density at radius 2 is 2.10 bits per heavy atom. The van der Waals surface area contributed by atoms with Crippen LogP contribution >= 0.6 is 0 Å². The molecule has 0 radical (unpaired) electrons. The minimum absolute atomic E-state index is 0.218. The number of hydrogen-bond acceptors (Lipinski definition) is 3. The van der Waals surface area contributed by atoms with Crippen LogP contribution in [0.3, 0.4) is 0 Å². The predicted molar refractivity (Wildman–Crippen MR) is 83.1 cm³/mol. The van der Waals surface area contributed by atoms with Gasteiger partial charge in [-0.05, 0) is 39.3 Å². The lowest BCUT2D eigenvalue weighted by atomic mass is 9.95. The van der Waals surface area contributed by atoms with Gasteiger partial charge in [0.05, 0.1) is 11.8 Å². The van der Waals surface area contributed by atoms with Gasteiger partial charge >= 0.3 is 0 Å². The Bertz CT molecular complexity index is 506. The van der Waals surface area contributed by atoms with Gasteiger partial charge in [0.2, 0.25) is 0 Å². The number of fused-ring (bicyclic) bond motifs is 1. The molecular weight excluding hydrogens is 267 g/mol. The molecule has 3 nitrogen and oxygen atoms in total. The average molecular weight is 292 g/mol. The molecule has 2 aliphatic heterocycles. The molecule has 0 aromatic heterocycles. The second-order valence-corrected chi connectivity index (χ2v) is 6.50. The lowest BCUT2D eigenvalue weighted by Gasteiger charge is -2.49. The van der Waals surface area contributed by atoms with Crippen LogP contribution in [0.4, 0.5) is 10.1 Å². The van der Waals surface area contributed by atoms with Gasteiger partial charge in [-0.2, -0.15) is 0 Å². The summed E-state index contributed by atoms with van der Waals surface area (Å²) in [7, 11) is 0. The Balaban J connectivity index is 1.92. The number of aliphatic hydroxyl groups is 1. The number of nitrogens with zero attached hydrogens (tertiary/aromatic N) is 2. The first kappa shape index (κ1) is 14.8. The summed E-state index contributed by atoms with van der Waals surface area (Å²) in [5.74, 6) is -0.218. The summed E-state index contributed by atoms with van der Waals surface area (Å²) in [5, 5.41) is 9.97. The van der Waals surface area contributed by atoms with Crippen molar-refractivity contribution in [1.29, 1.82) is 0 Å². The number of hydrogen-bond donors (Lipinski definition) is 1. The molecule has 2 aliphatic rings. The SMILES string of the molecule is CC1CN2CCCCC2CN1c1c(F)cccc1[C@H](C)O. The largest absolute Gasteiger partial charge is 0.389 e. The van der Waals surface area contributed by atoms with Gasteiger partial charge in [-0.1, -0.05) is 18.6 Å². The molecule has 2 saturated heterocycles. The molecule has 0 bridgehead atoms. The molecule has 21 heavy (non-hydrogen) atoms. The third kappa shape index (κ3) is 2.79. The Morgan fingerprint density at radius 3 is 2.86 bits per heavy atom. The average Bonchev–Trinajstić information content (AvgIpc) is 2.46. The van der Waals surface area contributed by atoms with E-state index in [0.29, 0.717) is 17.3 Å². The van der Waals surface area contributed by atoms with Crippen molar-refractivity contribution in [1.82, 2.24) is 4.90 Å². The van der Waals surface area contributed by atoms with Crippen molar-refractivity contribution < 1.29 is 9.50 Å². The van der Waals surface area contributed by atoms with Crippen LogP contribution in [0.2, 0.25) is 0 Å². The second kappa shape index (κ2) is 5.93. The molecule has 2 unspecified atom stereocenters. The molecule has 4 heteroatoms. The van der Waals surface area contributed by atoms with Crippen molar-refractivity contribution in [2.45, 2.75) is 51.3 Å². The minimum atomic E-state index is -0.646. The van der Waals surface area contributed by atoms with Gasteiger partial charge in [-0.15, -0.1) is 0 Å². The van der Waals surface area contributed by atoms with Crippen molar-refractivity contribution in [3.05, 3.63) is 29.6 Å². The number of para-hydroxylation sites is 1. The molecule has 116 valence electrons. The Hall–Kier alpha value is -1.13. The number of halogens is 1. The van der Waals surface area contributed by atoms with Crippen molar-refractivity contribution in [3.63, 3.8) is 0 Å². The van der Waals surface area contributed by atoms with E-state index in [1.165, 1.54) is 31.9 Å². The molecule has 1 N–H and O–H groups in total. The Morgan fingerprint density at radius 1 is 1.29 bits per heavy atom. The highest BCUT2D eigenvalue weighted by molar-refractivity contribution is 5.57. The lowest BCUT2D eigenvalue weighted by Crippen LogP contribution is -2.59. The summed E-state index contributed by atoms with van der Waals surface area (Å²) in [6.07, 6.45) is 3.10. The topological polar surface area (TPSA) is 26.7 Å². The molecule has 2 heterocycles. The van der Waals surface area contributed by atoms with E-state index in [1.54, 1.807) is 13.0 Å². The number of piperazine rings is 1. The Labute approximate surface area is 126 Å². The highest BCUT2D eigenvalue weighted by Gasteiger charge is 2.35. The van der Waals surface area contributed by atoms with E-state index in [4.69, 9.17) is 0 Å². The molecule has 3 atom stereocenters. The summed E-state index contributed by atoms with van der Waals surface area (Å²) in [5.41, 5.74) is 1.30. The van der Waals surface area contributed by atoms with E-state index < -0.39 is 6.10 Å². The van der Waals surface area contributed by atoms with Crippen molar-refractivity contribution in [2.75, 3.05) is 24.5 Å². The molecule has 0 aliphatic carbocycles. The first-order chi connectivity index (χ1) is 10.1. The number of piperidine rings is 1. The highest BCUT2D eigenvalue weighted by atomic mass is 19.1. The van der Waals surface area contributed by atoms with E-state index in [-0.39, 0.29) is 11.9 Å². The van der Waals surface area contributed by atoms with E-state index in [1.807, 2.05) is 6.07 Å². The summed E-state index contributed by atoms with van der Waals surface area (Å²) in [6, 6.07) is 5.82. The zero-order valence-electron chi connectivity index (χ0n) is 12.9. The summed E-state index contributed by atoms with van der Waals surface area (Å²) in [4.78, 5) is 4.72. The Kier molecular flexibility index (Phi) is 4.18. The van der Waals surface area contributed by atoms with Crippen LogP contribution in [-0.4, -0.2) is 41.7 Å². The molecule has 0 spiro atoms. The molecule has 1 aromatic carbocycles. The molecular formula is C17H25FN2O. The number of aliphatic hydroxyl groups excluding tert-OH is 1. The first-order valence-corrected chi connectivity index (χ1v) is 8.05. The van der Waals surface area contributed by atoms with E-state index in [0.717, 1.165) is 13.1 Å². The number of rotatable bonds is 2. The number of benzene rings is 1.